The van der Waals surface area contributed by atoms with Gasteiger partial charge in [0.05, 0.1) is 4.47 Å². The van der Waals surface area contributed by atoms with Gasteiger partial charge in [-0.3, -0.25) is 0 Å². The minimum atomic E-state index is -0.318. The van der Waals surface area contributed by atoms with Crippen LogP contribution in [0.2, 0.25) is 0 Å². The molecule has 0 aliphatic heterocycles. The fourth-order valence-electron chi connectivity index (χ4n) is 1.55. The summed E-state index contributed by atoms with van der Waals surface area (Å²) in [5.74, 6) is 0.719. The van der Waals surface area contributed by atoms with E-state index in [1.54, 1.807) is 18.3 Å². The molecule has 0 bridgehead atoms. The first-order valence-corrected chi connectivity index (χ1v) is 6.77. The van der Waals surface area contributed by atoms with Crippen LogP contribution in [0, 0.1) is 5.82 Å². The highest BCUT2D eigenvalue weighted by Crippen LogP contribution is 2.25. The van der Waals surface area contributed by atoms with Crippen LogP contribution in [0.5, 0.6) is 11.6 Å². The van der Waals surface area contributed by atoms with Gasteiger partial charge in [-0.25, -0.2) is 9.37 Å². The van der Waals surface area contributed by atoms with E-state index in [1.165, 1.54) is 6.07 Å². The van der Waals surface area contributed by atoms with Crippen molar-refractivity contribution in [2.45, 2.75) is 13.5 Å². The van der Waals surface area contributed by atoms with Crippen LogP contribution in [0.1, 0.15) is 12.5 Å². The van der Waals surface area contributed by atoms with E-state index in [-0.39, 0.29) is 5.82 Å². The predicted molar refractivity (Wildman–Crippen MR) is 75.8 cm³/mol. The molecule has 0 radical (unpaired) electrons. The molecule has 1 aromatic heterocycles. The monoisotopic (exact) mass is 324 g/mol. The van der Waals surface area contributed by atoms with E-state index in [0.717, 1.165) is 18.7 Å². The Morgan fingerprint density at radius 2 is 2.16 bits per heavy atom. The maximum atomic E-state index is 13.1. The third kappa shape index (κ3) is 4.01. The Labute approximate surface area is 119 Å². The van der Waals surface area contributed by atoms with Crippen LogP contribution in [0.25, 0.3) is 0 Å². The lowest BCUT2D eigenvalue weighted by Crippen LogP contribution is -2.11. The summed E-state index contributed by atoms with van der Waals surface area (Å²) < 4.78 is 19.1. The third-order valence-corrected chi connectivity index (χ3v) is 3.10. The Morgan fingerprint density at radius 1 is 1.32 bits per heavy atom. The molecule has 1 N–H and O–H groups in total. The number of hydrogen-bond donors (Lipinski definition) is 1. The average molecular weight is 325 g/mol. The van der Waals surface area contributed by atoms with Gasteiger partial charge in [-0.05, 0) is 52.3 Å². The van der Waals surface area contributed by atoms with Gasteiger partial charge in [0.25, 0.3) is 0 Å². The van der Waals surface area contributed by atoms with Gasteiger partial charge in [0, 0.05) is 18.8 Å². The van der Waals surface area contributed by atoms with Crippen molar-refractivity contribution in [1.82, 2.24) is 10.3 Å². The lowest BCUT2D eigenvalue weighted by molar-refractivity contribution is 0.459. The summed E-state index contributed by atoms with van der Waals surface area (Å²) in [6, 6.07) is 8.28. The SMILES string of the molecule is CCNCc1ccnc(Oc2ccc(F)c(Br)c2)c1. The average Bonchev–Trinajstić information content (AvgIpc) is 2.41. The molecule has 0 fully saturated rings. The molecule has 0 saturated heterocycles. The Hall–Kier alpha value is -1.46. The number of pyridine rings is 1. The van der Waals surface area contributed by atoms with E-state index < -0.39 is 0 Å². The van der Waals surface area contributed by atoms with Gasteiger partial charge in [0.2, 0.25) is 5.88 Å². The van der Waals surface area contributed by atoms with E-state index in [2.05, 4.69) is 33.2 Å². The minimum Gasteiger partial charge on any atom is -0.439 e. The van der Waals surface area contributed by atoms with E-state index >= 15 is 0 Å². The fraction of sp³-hybridized carbons (Fsp3) is 0.214. The Balaban J connectivity index is 2.11. The second-order valence-corrected chi connectivity index (χ2v) is 4.81. The van der Waals surface area contributed by atoms with Gasteiger partial charge >= 0.3 is 0 Å². The molecule has 2 rings (SSSR count). The number of nitrogens with zero attached hydrogens (tertiary/aromatic N) is 1. The number of rotatable bonds is 5. The molecule has 0 saturated carbocycles. The smallest absolute Gasteiger partial charge is 0.219 e. The molecule has 19 heavy (non-hydrogen) atoms. The molecule has 1 aromatic carbocycles. The highest BCUT2D eigenvalue weighted by Gasteiger charge is 2.04. The zero-order valence-corrected chi connectivity index (χ0v) is 12.1. The van der Waals surface area contributed by atoms with E-state index in [9.17, 15) is 4.39 Å². The van der Waals surface area contributed by atoms with Gasteiger partial charge in [0.15, 0.2) is 0 Å². The number of ether oxygens (including phenoxy) is 1. The summed E-state index contributed by atoms with van der Waals surface area (Å²) in [5.41, 5.74) is 1.09. The highest BCUT2D eigenvalue weighted by atomic mass is 79.9. The van der Waals surface area contributed by atoms with Gasteiger partial charge < -0.3 is 10.1 Å². The van der Waals surface area contributed by atoms with Crippen LogP contribution in [0.15, 0.2) is 41.0 Å². The molecule has 2 aromatic rings. The van der Waals surface area contributed by atoms with Crippen LogP contribution < -0.4 is 10.1 Å². The summed E-state index contributed by atoms with van der Waals surface area (Å²) in [7, 11) is 0. The number of halogens is 2. The molecule has 0 spiro atoms. The molecule has 1 heterocycles. The van der Waals surface area contributed by atoms with Crippen LogP contribution in [0.3, 0.4) is 0 Å². The summed E-state index contributed by atoms with van der Waals surface area (Å²) in [6.07, 6.45) is 1.70. The fourth-order valence-corrected chi connectivity index (χ4v) is 1.90. The van der Waals surface area contributed by atoms with Gasteiger partial charge in [0.1, 0.15) is 11.6 Å². The lowest BCUT2D eigenvalue weighted by Gasteiger charge is -2.07. The van der Waals surface area contributed by atoms with E-state index in [0.29, 0.717) is 16.1 Å². The van der Waals surface area contributed by atoms with Gasteiger partial charge in [-0.2, -0.15) is 0 Å². The molecule has 0 atom stereocenters. The van der Waals surface area contributed by atoms with E-state index in [4.69, 9.17) is 4.74 Å². The summed E-state index contributed by atoms with van der Waals surface area (Å²) >= 11 is 3.12. The molecule has 0 aliphatic rings. The van der Waals surface area contributed by atoms with Gasteiger partial charge in [-0.1, -0.05) is 6.92 Å². The zero-order chi connectivity index (χ0) is 13.7. The third-order valence-electron chi connectivity index (χ3n) is 2.49. The molecule has 3 nitrogen and oxygen atoms in total. The van der Waals surface area contributed by atoms with Gasteiger partial charge in [-0.15, -0.1) is 0 Å². The van der Waals surface area contributed by atoms with Crippen LogP contribution in [-0.2, 0) is 6.54 Å². The molecular weight excluding hydrogens is 311 g/mol. The van der Waals surface area contributed by atoms with Crippen molar-refractivity contribution in [1.29, 1.82) is 0 Å². The number of nitrogens with one attached hydrogen (secondary N) is 1. The van der Waals surface area contributed by atoms with Crippen molar-refractivity contribution in [2.24, 2.45) is 0 Å². The largest absolute Gasteiger partial charge is 0.439 e. The highest BCUT2D eigenvalue weighted by molar-refractivity contribution is 9.10. The van der Waals surface area contributed by atoms with Crippen molar-refractivity contribution < 1.29 is 9.13 Å². The van der Waals surface area contributed by atoms with Crippen molar-refractivity contribution in [3.63, 3.8) is 0 Å². The van der Waals surface area contributed by atoms with Crippen molar-refractivity contribution in [3.8, 4) is 11.6 Å². The zero-order valence-electron chi connectivity index (χ0n) is 10.5. The van der Waals surface area contributed by atoms with Crippen molar-refractivity contribution in [2.75, 3.05) is 6.54 Å². The summed E-state index contributed by atoms with van der Waals surface area (Å²) in [4.78, 5) is 4.14. The molecule has 0 unspecified atom stereocenters. The van der Waals surface area contributed by atoms with Crippen molar-refractivity contribution >= 4 is 15.9 Å². The van der Waals surface area contributed by atoms with Crippen molar-refractivity contribution in [3.05, 3.63) is 52.4 Å². The molecule has 0 amide bonds. The van der Waals surface area contributed by atoms with E-state index in [1.807, 2.05) is 12.1 Å². The molecular formula is C14H14BrFN2O. The minimum absolute atomic E-state index is 0.318. The maximum Gasteiger partial charge on any atom is 0.219 e. The summed E-state index contributed by atoms with van der Waals surface area (Å²) in [5, 5.41) is 3.23. The van der Waals surface area contributed by atoms with Crippen LogP contribution in [-0.4, -0.2) is 11.5 Å². The first kappa shape index (κ1) is 14.0. The second kappa shape index (κ2) is 6.63. The van der Waals surface area contributed by atoms with Crippen LogP contribution >= 0.6 is 15.9 Å². The molecule has 0 aliphatic carbocycles. The number of hydrogen-bond acceptors (Lipinski definition) is 3. The number of aromatic nitrogens is 1. The Bertz CT molecular complexity index is 563. The normalized spacial score (nSPS) is 10.5. The number of benzene rings is 1. The quantitative estimate of drug-likeness (QED) is 0.906. The first-order chi connectivity index (χ1) is 9.19. The predicted octanol–water partition coefficient (Wildman–Crippen LogP) is 3.89. The molecule has 100 valence electrons. The Kier molecular flexibility index (Phi) is 4.87. The lowest BCUT2D eigenvalue weighted by atomic mass is 10.2. The Morgan fingerprint density at radius 3 is 2.89 bits per heavy atom. The van der Waals surface area contributed by atoms with Crippen LogP contribution in [0.4, 0.5) is 4.39 Å². The molecule has 5 heteroatoms. The maximum absolute atomic E-state index is 13.1. The first-order valence-electron chi connectivity index (χ1n) is 5.97. The topological polar surface area (TPSA) is 34.2 Å². The second-order valence-electron chi connectivity index (χ2n) is 3.96. The standard InChI is InChI=1S/C14H14BrFN2O/c1-2-17-9-10-5-6-18-14(7-10)19-11-3-4-13(16)12(15)8-11/h3-8,17H,2,9H2,1H3. The summed E-state index contributed by atoms with van der Waals surface area (Å²) in [6.45, 7) is 3.72.